The van der Waals surface area contributed by atoms with E-state index < -0.39 is 17.0 Å². The van der Waals surface area contributed by atoms with Crippen LogP contribution in [-0.4, -0.2) is 29.9 Å². The fraction of sp³-hybridized carbons (Fsp3) is 0.533. The number of hydrogen-bond donors (Lipinski definition) is 0. The summed E-state index contributed by atoms with van der Waals surface area (Å²) >= 11 is 0. The lowest BCUT2D eigenvalue weighted by molar-refractivity contribution is -0.141. The second-order valence-corrected chi connectivity index (χ2v) is 5.45. The van der Waals surface area contributed by atoms with Crippen LogP contribution >= 0.6 is 0 Å². The summed E-state index contributed by atoms with van der Waals surface area (Å²) in [5.41, 5.74) is 7.42. The first kappa shape index (κ1) is 16.2. The van der Waals surface area contributed by atoms with Gasteiger partial charge in [-0.2, -0.15) is 0 Å². The van der Waals surface area contributed by atoms with Gasteiger partial charge in [0.2, 0.25) is 5.91 Å². The van der Waals surface area contributed by atoms with Crippen molar-refractivity contribution in [1.29, 1.82) is 0 Å². The van der Waals surface area contributed by atoms with E-state index in [9.17, 15) is 13.6 Å². The average molecular weight is 308 g/mol. The lowest BCUT2D eigenvalue weighted by Crippen LogP contribution is -2.56. The van der Waals surface area contributed by atoms with Gasteiger partial charge in [-0.15, -0.1) is 0 Å². The summed E-state index contributed by atoms with van der Waals surface area (Å²) in [5.74, 6) is -1.44. The van der Waals surface area contributed by atoms with E-state index >= 15 is 0 Å². The SMILES string of the molecule is CCN(CC)C(=O)C1(c2cc(F)ccc2F)CC(N=[N+]=[N-])C1. The predicted octanol–water partition coefficient (Wildman–Crippen LogP) is 3.54. The van der Waals surface area contributed by atoms with Crippen LogP contribution in [0.25, 0.3) is 10.4 Å². The van der Waals surface area contributed by atoms with Crippen molar-refractivity contribution >= 4 is 5.91 Å². The minimum Gasteiger partial charge on any atom is -0.342 e. The summed E-state index contributed by atoms with van der Waals surface area (Å²) in [5, 5.41) is 3.59. The van der Waals surface area contributed by atoms with Crippen molar-refractivity contribution < 1.29 is 13.6 Å². The number of halogens is 2. The number of likely N-dealkylation sites (N-methyl/N-ethyl adjacent to an activating group) is 1. The fourth-order valence-electron chi connectivity index (χ4n) is 3.09. The van der Waals surface area contributed by atoms with E-state index in [1.54, 1.807) is 4.90 Å². The molecule has 0 N–H and O–H groups in total. The van der Waals surface area contributed by atoms with Crippen molar-refractivity contribution in [2.45, 2.75) is 38.1 Å². The van der Waals surface area contributed by atoms with Crippen molar-refractivity contribution in [2.24, 2.45) is 5.11 Å². The van der Waals surface area contributed by atoms with Crippen LogP contribution < -0.4 is 0 Å². The van der Waals surface area contributed by atoms with Gasteiger partial charge in [-0.25, -0.2) is 8.78 Å². The van der Waals surface area contributed by atoms with Crippen molar-refractivity contribution in [1.82, 2.24) is 4.90 Å². The summed E-state index contributed by atoms with van der Waals surface area (Å²) < 4.78 is 27.7. The van der Waals surface area contributed by atoms with Gasteiger partial charge in [0, 0.05) is 29.6 Å². The highest BCUT2D eigenvalue weighted by atomic mass is 19.1. The average Bonchev–Trinajstić information content (AvgIpc) is 2.46. The lowest BCUT2D eigenvalue weighted by atomic mass is 9.60. The number of rotatable bonds is 5. The van der Waals surface area contributed by atoms with Gasteiger partial charge in [0.25, 0.3) is 0 Å². The highest BCUT2D eigenvalue weighted by Gasteiger charge is 2.53. The van der Waals surface area contributed by atoms with Gasteiger partial charge in [0.15, 0.2) is 0 Å². The molecule has 1 aromatic rings. The third kappa shape index (κ3) is 2.64. The topological polar surface area (TPSA) is 69.1 Å². The van der Waals surface area contributed by atoms with Gasteiger partial charge in [0.1, 0.15) is 11.6 Å². The molecule has 1 amide bonds. The molecule has 0 aromatic heterocycles. The van der Waals surface area contributed by atoms with Gasteiger partial charge in [0.05, 0.1) is 5.41 Å². The molecule has 1 aliphatic rings. The minimum absolute atomic E-state index is 0.0498. The van der Waals surface area contributed by atoms with Crippen LogP contribution in [0.5, 0.6) is 0 Å². The third-order valence-corrected chi connectivity index (χ3v) is 4.29. The molecule has 1 aliphatic carbocycles. The van der Waals surface area contributed by atoms with Gasteiger partial charge in [-0.3, -0.25) is 4.79 Å². The van der Waals surface area contributed by atoms with Crippen molar-refractivity contribution in [3.63, 3.8) is 0 Å². The Morgan fingerprint density at radius 3 is 2.59 bits per heavy atom. The molecular weight excluding hydrogens is 290 g/mol. The van der Waals surface area contributed by atoms with Crippen LogP contribution in [0.1, 0.15) is 32.3 Å². The Labute approximate surface area is 127 Å². The molecule has 2 rings (SSSR count). The van der Waals surface area contributed by atoms with Gasteiger partial charge in [-0.05, 0) is 50.4 Å². The Morgan fingerprint density at radius 2 is 2.05 bits per heavy atom. The third-order valence-electron chi connectivity index (χ3n) is 4.29. The first-order chi connectivity index (χ1) is 10.5. The molecule has 0 radical (unpaired) electrons. The van der Waals surface area contributed by atoms with Gasteiger partial charge >= 0.3 is 0 Å². The molecule has 0 spiro atoms. The second kappa shape index (κ2) is 6.32. The monoisotopic (exact) mass is 308 g/mol. The van der Waals surface area contributed by atoms with Crippen molar-refractivity contribution in [2.75, 3.05) is 13.1 Å². The maximum absolute atomic E-state index is 14.2. The van der Waals surface area contributed by atoms with Crippen LogP contribution in [0.3, 0.4) is 0 Å². The number of nitrogens with zero attached hydrogens (tertiary/aromatic N) is 4. The van der Waals surface area contributed by atoms with Crippen LogP contribution in [-0.2, 0) is 10.2 Å². The molecule has 1 saturated carbocycles. The van der Waals surface area contributed by atoms with E-state index in [1.807, 2.05) is 13.8 Å². The van der Waals surface area contributed by atoms with E-state index in [0.29, 0.717) is 13.1 Å². The Balaban J connectivity index is 2.46. The largest absolute Gasteiger partial charge is 0.342 e. The first-order valence-corrected chi connectivity index (χ1v) is 7.27. The number of hydrogen-bond acceptors (Lipinski definition) is 2. The lowest BCUT2D eigenvalue weighted by Gasteiger charge is -2.47. The molecule has 22 heavy (non-hydrogen) atoms. The van der Waals surface area contributed by atoms with E-state index in [2.05, 4.69) is 10.0 Å². The second-order valence-electron chi connectivity index (χ2n) is 5.45. The predicted molar refractivity (Wildman–Crippen MR) is 78.1 cm³/mol. The van der Waals surface area contributed by atoms with E-state index in [0.717, 1.165) is 18.2 Å². The Kier molecular flexibility index (Phi) is 4.66. The van der Waals surface area contributed by atoms with Crippen LogP contribution in [0, 0.1) is 11.6 Å². The molecule has 0 saturated heterocycles. The van der Waals surface area contributed by atoms with Crippen LogP contribution in [0.2, 0.25) is 0 Å². The standard InChI is InChI=1S/C15H18F2N4O/c1-3-21(4-2)14(22)15(8-11(9-15)19-20-18)12-7-10(16)5-6-13(12)17/h5-7,11H,3-4,8-9H2,1-2H3. The number of azide groups is 1. The smallest absolute Gasteiger partial charge is 0.233 e. The Morgan fingerprint density at radius 1 is 1.41 bits per heavy atom. The first-order valence-electron chi connectivity index (χ1n) is 7.27. The number of benzene rings is 1. The molecule has 7 heteroatoms. The molecule has 5 nitrogen and oxygen atoms in total. The van der Waals surface area contributed by atoms with E-state index in [1.165, 1.54) is 0 Å². The Bertz CT molecular complexity index is 618. The summed E-state index contributed by atoms with van der Waals surface area (Å²) in [7, 11) is 0. The minimum atomic E-state index is -1.14. The van der Waals surface area contributed by atoms with Gasteiger partial charge in [-0.1, -0.05) is 5.11 Å². The zero-order chi connectivity index (χ0) is 16.3. The summed E-state index contributed by atoms with van der Waals surface area (Å²) in [6.45, 7) is 4.64. The van der Waals surface area contributed by atoms with Gasteiger partial charge < -0.3 is 4.90 Å². The summed E-state index contributed by atoms with van der Waals surface area (Å²) in [6, 6.07) is 2.76. The molecular formula is C15H18F2N4O. The maximum Gasteiger partial charge on any atom is 0.233 e. The molecule has 0 heterocycles. The summed E-state index contributed by atoms with van der Waals surface area (Å²) in [6.07, 6.45) is 0.402. The number of carbonyl (C=O) groups is 1. The quantitative estimate of drug-likeness (QED) is 0.466. The van der Waals surface area contributed by atoms with E-state index in [4.69, 9.17) is 5.53 Å². The van der Waals surface area contributed by atoms with Crippen LogP contribution in [0.4, 0.5) is 8.78 Å². The normalized spacial score (nSPS) is 23.4. The van der Waals surface area contributed by atoms with E-state index in [-0.39, 0.29) is 30.4 Å². The van der Waals surface area contributed by atoms with Crippen LogP contribution in [0.15, 0.2) is 23.3 Å². The maximum atomic E-state index is 14.2. The zero-order valence-corrected chi connectivity index (χ0v) is 12.6. The molecule has 0 bridgehead atoms. The molecule has 1 fully saturated rings. The highest BCUT2D eigenvalue weighted by Crippen LogP contribution is 2.48. The highest BCUT2D eigenvalue weighted by molar-refractivity contribution is 5.89. The fourth-order valence-corrected chi connectivity index (χ4v) is 3.09. The number of carbonyl (C=O) groups excluding carboxylic acids is 1. The number of amides is 1. The summed E-state index contributed by atoms with van der Waals surface area (Å²) in [4.78, 5) is 17.2. The molecule has 0 aliphatic heterocycles. The molecule has 0 atom stereocenters. The molecule has 1 aromatic carbocycles. The zero-order valence-electron chi connectivity index (χ0n) is 12.6. The van der Waals surface area contributed by atoms with Crippen molar-refractivity contribution in [3.05, 3.63) is 45.8 Å². The van der Waals surface area contributed by atoms with Crippen molar-refractivity contribution in [3.8, 4) is 0 Å². The molecule has 0 unspecified atom stereocenters. The molecule has 118 valence electrons. The Hall–Kier alpha value is -2.14.